The van der Waals surface area contributed by atoms with E-state index in [1.165, 1.54) is 19.3 Å². The Hall–Kier alpha value is -2.34. The minimum absolute atomic E-state index is 0.0270. The highest BCUT2D eigenvalue weighted by Gasteiger charge is 2.16. The van der Waals surface area contributed by atoms with Gasteiger partial charge in [0.15, 0.2) is 0 Å². The van der Waals surface area contributed by atoms with E-state index in [-0.39, 0.29) is 18.4 Å². The molecule has 0 aliphatic heterocycles. The van der Waals surface area contributed by atoms with Crippen LogP contribution in [0, 0.1) is 0 Å². The minimum atomic E-state index is -0.132. The number of carbonyl (C=O) groups excluding carboxylic acids is 2. The Morgan fingerprint density at radius 2 is 1.70 bits per heavy atom. The molecule has 6 heteroatoms. The van der Waals surface area contributed by atoms with Crippen LogP contribution in [-0.4, -0.2) is 24.4 Å². The fourth-order valence-corrected chi connectivity index (χ4v) is 3.61. The number of halogens is 1. The first kappa shape index (κ1) is 19.4. The molecule has 1 fully saturated rings. The number of anilines is 2. The quantitative estimate of drug-likeness (QED) is 0.629. The first-order valence-electron chi connectivity index (χ1n) is 9.30. The number of carbonyl (C=O) groups is 2. The smallest absolute Gasteiger partial charge is 0.251 e. The van der Waals surface area contributed by atoms with E-state index < -0.39 is 0 Å². The van der Waals surface area contributed by atoms with E-state index in [1.54, 1.807) is 12.1 Å². The molecule has 0 aromatic heterocycles. The van der Waals surface area contributed by atoms with Crippen LogP contribution in [0.2, 0.25) is 0 Å². The lowest BCUT2D eigenvalue weighted by Gasteiger charge is -2.22. The summed E-state index contributed by atoms with van der Waals surface area (Å²) < 4.78 is 0.912. The lowest BCUT2D eigenvalue weighted by Crippen LogP contribution is -2.36. The van der Waals surface area contributed by atoms with Crippen molar-refractivity contribution in [2.45, 2.75) is 38.1 Å². The van der Waals surface area contributed by atoms with Gasteiger partial charge in [-0.1, -0.05) is 41.3 Å². The van der Waals surface area contributed by atoms with Crippen LogP contribution in [0.5, 0.6) is 0 Å². The third-order valence-corrected chi connectivity index (χ3v) is 5.14. The van der Waals surface area contributed by atoms with E-state index in [4.69, 9.17) is 0 Å². The standard InChI is InChI=1S/C21H24BrN3O2/c22-16-5-4-8-19(13-16)24-20(26)14-23-17-11-9-15(10-12-17)21(27)25-18-6-2-1-3-7-18/h4-5,8-13,18,23H,1-3,6-7,14H2,(H,24,26)(H,25,27). The summed E-state index contributed by atoms with van der Waals surface area (Å²) in [6.45, 7) is 0.153. The Labute approximate surface area is 168 Å². The van der Waals surface area contributed by atoms with Gasteiger partial charge in [0, 0.05) is 27.5 Å². The van der Waals surface area contributed by atoms with Gasteiger partial charge in [-0.25, -0.2) is 0 Å². The Kier molecular flexibility index (Phi) is 6.87. The number of rotatable bonds is 6. The number of nitrogens with one attached hydrogen (secondary N) is 3. The molecule has 1 aliphatic rings. The van der Waals surface area contributed by atoms with Gasteiger partial charge in [0.1, 0.15) is 0 Å². The van der Waals surface area contributed by atoms with Crippen LogP contribution in [0.25, 0.3) is 0 Å². The Morgan fingerprint density at radius 1 is 0.963 bits per heavy atom. The second-order valence-electron chi connectivity index (χ2n) is 6.80. The van der Waals surface area contributed by atoms with Crippen molar-refractivity contribution in [3.63, 3.8) is 0 Å². The molecule has 0 radical (unpaired) electrons. The minimum Gasteiger partial charge on any atom is -0.376 e. The summed E-state index contributed by atoms with van der Waals surface area (Å²) >= 11 is 3.38. The van der Waals surface area contributed by atoms with E-state index >= 15 is 0 Å². The van der Waals surface area contributed by atoms with Gasteiger partial charge in [0.25, 0.3) is 5.91 Å². The van der Waals surface area contributed by atoms with Gasteiger partial charge in [-0.05, 0) is 55.3 Å². The molecule has 5 nitrogen and oxygen atoms in total. The lowest BCUT2D eigenvalue weighted by molar-refractivity contribution is -0.114. The molecule has 0 atom stereocenters. The van der Waals surface area contributed by atoms with Gasteiger partial charge in [0.05, 0.1) is 6.54 Å². The summed E-state index contributed by atoms with van der Waals surface area (Å²) in [5.74, 6) is -0.159. The van der Waals surface area contributed by atoms with Gasteiger partial charge < -0.3 is 16.0 Å². The largest absolute Gasteiger partial charge is 0.376 e. The number of hydrogen-bond acceptors (Lipinski definition) is 3. The molecule has 27 heavy (non-hydrogen) atoms. The molecule has 0 spiro atoms. The molecular formula is C21H24BrN3O2. The van der Waals surface area contributed by atoms with Crippen LogP contribution in [0.15, 0.2) is 53.0 Å². The van der Waals surface area contributed by atoms with Gasteiger partial charge in [0.2, 0.25) is 5.91 Å². The molecule has 0 heterocycles. The average Bonchev–Trinajstić information content (AvgIpc) is 2.67. The molecule has 3 N–H and O–H groups in total. The van der Waals surface area contributed by atoms with Crippen LogP contribution < -0.4 is 16.0 Å². The second kappa shape index (κ2) is 9.55. The molecule has 0 bridgehead atoms. The summed E-state index contributed by atoms with van der Waals surface area (Å²) in [4.78, 5) is 24.4. The molecule has 2 aromatic carbocycles. The highest BCUT2D eigenvalue weighted by atomic mass is 79.9. The van der Waals surface area contributed by atoms with E-state index in [0.29, 0.717) is 11.6 Å². The van der Waals surface area contributed by atoms with Crippen molar-refractivity contribution in [3.8, 4) is 0 Å². The zero-order valence-corrected chi connectivity index (χ0v) is 16.7. The molecule has 3 rings (SSSR count). The van der Waals surface area contributed by atoms with Crippen molar-refractivity contribution in [2.24, 2.45) is 0 Å². The zero-order valence-electron chi connectivity index (χ0n) is 15.1. The molecule has 0 saturated heterocycles. The van der Waals surface area contributed by atoms with Crippen LogP contribution >= 0.6 is 15.9 Å². The monoisotopic (exact) mass is 429 g/mol. The van der Waals surface area contributed by atoms with E-state index in [2.05, 4.69) is 31.9 Å². The van der Waals surface area contributed by atoms with E-state index in [0.717, 1.165) is 28.7 Å². The van der Waals surface area contributed by atoms with Gasteiger partial charge in [-0.15, -0.1) is 0 Å². The highest BCUT2D eigenvalue weighted by molar-refractivity contribution is 9.10. The van der Waals surface area contributed by atoms with Crippen molar-refractivity contribution in [1.29, 1.82) is 0 Å². The predicted octanol–water partition coefficient (Wildman–Crippen LogP) is 4.56. The van der Waals surface area contributed by atoms with Crippen LogP contribution in [0.4, 0.5) is 11.4 Å². The fraction of sp³-hybridized carbons (Fsp3) is 0.333. The molecule has 142 valence electrons. The molecule has 1 aliphatic carbocycles. The van der Waals surface area contributed by atoms with Crippen LogP contribution in [0.1, 0.15) is 42.5 Å². The van der Waals surface area contributed by atoms with E-state index in [1.807, 2.05) is 36.4 Å². The molecule has 2 aromatic rings. The average molecular weight is 430 g/mol. The Bertz CT molecular complexity index is 786. The van der Waals surface area contributed by atoms with Crippen molar-refractivity contribution < 1.29 is 9.59 Å². The van der Waals surface area contributed by atoms with Crippen molar-refractivity contribution >= 4 is 39.1 Å². The summed E-state index contributed by atoms with van der Waals surface area (Å²) in [5, 5.41) is 9.01. The summed E-state index contributed by atoms with van der Waals surface area (Å²) in [7, 11) is 0. The Balaban J connectivity index is 1.47. The maximum Gasteiger partial charge on any atom is 0.251 e. The Morgan fingerprint density at radius 3 is 2.41 bits per heavy atom. The van der Waals surface area contributed by atoms with Gasteiger partial charge >= 0.3 is 0 Å². The topological polar surface area (TPSA) is 70.2 Å². The van der Waals surface area contributed by atoms with Gasteiger partial charge in [-0.3, -0.25) is 9.59 Å². The van der Waals surface area contributed by atoms with Crippen LogP contribution in [-0.2, 0) is 4.79 Å². The molecule has 2 amide bonds. The molecule has 1 saturated carbocycles. The first-order chi connectivity index (χ1) is 13.1. The van der Waals surface area contributed by atoms with Crippen molar-refractivity contribution in [1.82, 2.24) is 5.32 Å². The summed E-state index contributed by atoms with van der Waals surface area (Å²) in [6, 6.07) is 15.0. The summed E-state index contributed by atoms with van der Waals surface area (Å²) in [6.07, 6.45) is 5.78. The SMILES string of the molecule is O=C(CNc1ccc(C(=O)NC2CCCCC2)cc1)Nc1cccc(Br)c1. The third kappa shape index (κ3) is 6.10. The van der Waals surface area contributed by atoms with Crippen molar-refractivity contribution in [3.05, 3.63) is 58.6 Å². The number of benzene rings is 2. The highest BCUT2D eigenvalue weighted by Crippen LogP contribution is 2.18. The van der Waals surface area contributed by atoms with Crippen molar-refractivity contribution in [2.75, 3.05) is 17.2 Å². The normalized spacial score (nSPS) is 14.4. The predicted molar refractivity (Wildman–Crippen MR) is 112 cm³/mol. The van der Waals surface area contributed by atoms with Gasteiger partial charge in [-0.2, -0.15) is 0 Å². The molecule has 0 unspecified atom stereocenters. The maximum absolute atomic E-state index is 12.3. The summed E-state index contributed by atoms with van der Waals surface area (Å²) in [5.41, 5.74) is 2.18. The first-order valence-corrected chi connectivity index (χ1v) is 10.1. The maximum atomic E-state index is 12.3. The number of amides is 2. The van der Waals surface area contributed by atoms with E-state index in [9.17, 15) is 9.59 Å². The fourth-order valence-electron chi connectivity index (χ4n) is 3.21. The zero-order chi connectivity index (χ0) is 19.1. The van der Waals surface area contributed by atoms with Crippen LogP contribution in [0.3, 0.4) is 0 Å². The third-order valence-electron chi connectivity index (χ3n) is 4.65. The second-order valence-corrected chi connectivity index (χ2v) is 7.71. The molecular weight excluding hydrogens is 406 g/mol. The lowest BCUT2D eigenvalue weighted by atomic mass is 9.95. The number of hydrogen-bond donors (Lipinski definition) is 3.